The van der Waals surface area contributed by atoms with Gasteiger partial charge in [-0.15, -0.1) is 0 Å². The molecule has 2 N–H and O–H groups in total. The van der Waals surface area contributed by atoms with Crippen molar-refractivity contribution in [1.29, 1.82) is 0 Å². The lowest BCUT2D eigenvalue weighted by molar-refractivity contribution is -0.119. The third-order valence-corrected chi connectivity index (χ3v) is 3.37. The number of nitrogens with one attached hydrogen (secondary N) is 1. The van der Waals surface area contributed by atoms with E-state index in [-0.39, 0.29) is 24.7 Å². The third kappa shape index (κ3) is 4.21. The van der Waals surface area contributed by atoms with Gasteiger partial charge in [0.2, 0.25) is 5.91 Å². The zero-order valence-corrected chi connectivity index (χ0v) is 11.7. The number of ether oxygens (including phenoxy) is 2. The van der Waals surface area contributed by atoms with Crippen LogP contribution in [0.5, 0.6) is 5.75 Å². The summed E-state index contributed by atoms with van der Waals surface area (Å²) in [6, 6.07) is 7.14. The number of benzene rings is 1. The topological polar surface area (TPSA) is 67.8 Å². The number of hydrogen-bond donors (Lipinski definition) is 2. The normalized spacial score (nSPS) is 22.3. The molecule has 0 saturated heterocycles. The Bertz CT molecular complexity index is 432. The van der Waals surface area contributed by atoms with Crippen molar-refractivity contribution in [3.8, 4) is 5.75 Å². The summed E-state index contributed by atoms with van der Waals surface area (Å²) in [6.07, 6.45) is 3.32. The molecule has 0 heterocycles. The van der Waals surface area contributed by atoms with Gasteiger partial charge in [0.25, 0.3) is 0 Å². The van der Waals surface area contributed by atoms with Crippen LogP contribution in [0.4, 0.5) is 5.69 Å². The highest BCUT2D eigenvalue weighted by Crippen LogP contribution is 2.24. The van der Waals surface area contributed by atoms with Crippen molar-refractivity contribution in [1.82, 2.24) is 0 Å². The number of aliphatic hydroxyl groups is 1. The molecule has 0 unspecified atom stereocenters. The SMILES string of the molecule is COCC(=O)Nc1ccc(O[C@H]2CCCC[C@@H]2O)cc1. The molecule has 1 aliphatic carbocycles. The van der Waals surface area contributed by atoms with Gasteiger partial charge in [-0.05, 0) is 43.5 Å². The standard InChI is InChI=1S/C15H21NO4/c1-19-10-15(18)16-11-6-8-12(9-7-11)20-14-5-3-2-4-13(14)17/h6-9,13-14,17H,2-5,10H2,1H3,(H,16,18)/t13-,14-/m0/s1. The number of aliphatic hydroxyl groups excluding tert-OH is 1. The number of amides is 1. The first-order valence-electron chi connectivity index (χ1n) is 6.92. The van der Waals surface area contributed by atoms with Crippen LogP contribution in [0.3, 0.4) is 0 Å². The van der Waals surface area contributed by atoms with E-state index in [0.717, 1.165) is 25.7 Å². The van der Waals surface area contributed by atoms with Crippen LogP contribution in [0.1, 0.15) is 25.7 Å². The van der Waals surface area contributed by atoms with E-state index in [1.165, 1.54) is 7.11 Å². The Morgan fingerprint density at radius 2 is 2.00 bits per heavy atom. The summed E-state index contributed by atoms with van der Waals surface area (Å²) in [5.41, 5.74) is 0.698. The fourth-order valence-electron chi connectivity index (χ4n) is 2.33. The van der Waals surface area contributed by atoms with Crippen molar-refractivity contribution >= 4 is 11.6 Å². The predicted octanol–water partition coefficient (Wildman–Crippen LogP) is 1.95. The number of hydrogen-bond acceptors (Lipinski definition) is 4. The molecule has 110 valence electrons. The lowest BCUT2D eigenvalue weighted by Crippen LogP contribution is -2.34. The first-order chi connectivity index (χ1) is 9.69. The molecule has 0 aromatic heterocycles. The number of carbonyl (C=O) groups is 1. The monoisotopic (exact) mass is 279 g/mol. The van der Waals surface area contributed by atoms with Crippen molar-refractivity contribution in [2.45, 2.75) is 37.9 Å². The van der Waals surface area contributed by atoms with Crippen LogP contribution in [-0.4, -0.2) is 36.9 Å². The molecule has 0 aliphatic heterocycles. The van der Waals surface area contributed by atoms with Gasteiger partial charge in [0.1, 0.15) is 18.5 Å². The summed E-state index contributed by atoms with van der Waals surface area (Å²) < 4.78 is 10.5. The first kappa shape index (κ1) is 14.8. The highest BCUT2D eigenvalue weighted by atomic mass is 16.5. The van der Waals surface area contributed by atoms with Gasteiger partial charge in [0, 0.05) is 12.8 Å². The second-order valence-electron chi connectivity index (χ2n) is 5.01. The Balaban J connectivity index is 1.89. The van der Waals surface area contributed by atoms with Crippen molar-refractivity contribution in [2.24, 2.45) is 0 Å². The van der Waals surface area contributed by atoms with Crippen molar-refractivity contribution in [3.05, 3.63) is 24.3 Å². The number of carbonyl (C=O) groups excluding carboxylic acids is 1. The van der Waals surface area contributed by atoms with Gasteiger partial charge in [-0.3, -0.25) is 4.79 Å². The molecule has 0 bridgehead atoms. The minimum atomic E-state index is -0.384. The Morgan fingerprint density at radius 1 is 1.30 bits per heavy atom. The zero-order valence-electron chi connectivity index (χ0n) is 11.7. The smallest absolute Gasteiger partial charge is 0.250 e. The van der Waals surface area contributed by atoms with Gasteiger partial charge < -0.3 is 19.9 Å². The maximum atomic E-state index is 11.4. The van der Waals surface area contributed by atoms with E-state index in [4.69, 9.17) is 9.47 Å². The van der Waals surface area contributed by atoms with Gasteiger partial charge in [-0.2, -0.15) is 0 Å². The highest BCUT2D eigenvalue weighted by Gasteiger charge is 2.24. The third-order valence-electron chi connectivity index (χ3n) is 3.37. The molecule has 1 aromatic carbocycles. The van der Waals surface area contributed by atoms with Crippen molar-refractivity contribution < 1.29 is 19.4 Å². The minimum absolute atomic E-state index is 0.0342. The van der Waals surface area contributed by atoms with E-state index < -0.39 is 0 Å². The van der Waals surface area contributed by atoms with Crippen LogP contribution in [0.25, 0.3) is 0 Å². The second kappa shape index (κ2) is 7.26. The van der Waals surface area contributed by atoms with Gasteiger partial charge in [0.15, 0.2) is 0 Å². The van der Waals surface area contributed by atoms with Gasteiger partial charge >= 0.3 is 0 Å². The fraction of sp³-hybridized carbons (Fsp3) is 0.533. The summed E-state index contributed by atoms with van der Waals surface area (Å²) >= 11 is 0. The first-order valence-corrected chi connectivity index (χ1v) is 6.92. The largest absolute Gasteiger partial charge is 0.488 e. The average molecular weight is 279 g/mol. The quantitative estimate of drug-likeness (QED) is 0.864. The molecule has 1 fully saturated rings. The summed E-state index contributed by atoms with van der Waals surface area (Å²) in [5, 5.41) is 12.6. The molecule has 0 radical (unpaired) electrons. The number of methoxy groups -OCH3 is 1. The molecule has 0 spiro atoms. The van der Waals surface area contributed by atoms with Crippen molar-refractivity contribution in [3.63, 3.8) is 0 Å². The summed E-state index contributed by atoms with van der Waals surface area (Å²) in [4.78, 5) is 11.4. The van der Waals surface area contributed by atoms with E-state index >= 15 is 0 Å². The second-order valence-corrected chi connectivity index (χ2v) is 5.01. The molecule has 20 heavy (non-hydrogen) atoms. The lowest BCUT2D eigenvalue weighted by Gasteiger charge is -2.28. The van der Waals surface area contributed by atoms with Crippen LogP contribution in [-0.2, 0) is 9.53 Å². The predicted molar refractivity (Wildman–Crippen MR) is 75.8 cm³/mol. The van der Waals surface area contributed by atoms with E-state index in [1.54, 1.807) is 24.3 Å². The number of rotatable bonds is 5. The minimum Gasteiger partial charge on any atom is -0.488 e. The number of anilines is 1. The van der Waals surface area contributed by atoms with Crippen LogP contribution in [0.2, 0.25) is 0 Å². The molecule has 1 aliphatic rings. The van der Waals surface area contributed by atoms with Crippen LogP contribution < -0.4 is 10.1 Å². The Labute approximate surface area is 118 Å². The molecule has 1 saturated carbocycles. The van der Waals surface area contributed by atoms with Crippen LogP contribution in [0.15, 0.2) is 24.3 Å². The van der Waals surface area contributed by atoms with E-state index in [1.807, 2.05) is 0 Å². The molecular weight excluding hydrogens is 258 g/mol. The van der Waals surface area contributed by atoms with Crippen LogP contribution >= 0.6 is 0 Å². The molecular formula is C15H21NO4. The highest BCUT2D eigenvalue weighted by molar-refractivity contribution is 5.91. The molecule has 5 heteroatoms. The van der Waals surface area contributed by atoms with Gasteiger partial charge in [0.05, 0.1) is 6.10 Å². The molecule has 5 nitrogen and oxygen atoms in total. The maximum Gasteiger partial charge on any atom is 0.250 e. The Hall–Kier alpha value is -1.59. The van der Waals surface area contributed by atoms with E-state index in [9.17, 15) is 9.90 Å². The zero-order chi connectivity index (χ0) is 14.4. The molecule has 1 amide bonds. The summed E-state index contributed by atoms with van der Waals surface area (Å²) in [7, 11) is 1.48. The lowest BCUT2D eigenvalue weighted by atomic mass is 9.95. The van der Waals surface area contributed by atoms with Gasteiger partial charge in [-0.25, -0.2) is 0 Å². The molecule has 1 aromatic rings. The van der Waals surface area contributed by atoms with Crippen LogP contribution in [0, 0.1) is 0 Å². The summed E-state index contributed by atoms with van der Waals surface area (Å²) in [5.74, 6) is 0.518. The Kier molecular flexibility index (Phi) is 5.38. The van der Waals surface area contributed by atoms with E-state index in [0.29, 0.717) is 11.4 Å². The molecule has 2 rings (SSSR count). The average Bonchev–Trinajstić information content (AvgIpc) is 2.44. The molecule has 2 atom stereocenters. The Morgan fingerprint density at radius 3 is 2.65 bits per heavy atom. The van der Waals surface area contributed by atoms with Crippen molar-refractivity contribution in [2.75, 3.05) is 19.0 Å². The maximum absolute atomic E-state index is 11.4. The summed E-state index contributed by atoms with van der Waals surface area (Å²) in [6.45, 7) is 0.0342. The van der Waals surface area contributed by atoms with Gasteiger partial charge in [-0.1, -0.05) is 6.42 Å². The van der Waals surface area contributed by atoms with E-state index in [2.05, 4.69) is 5.32 Å². The fourth-order valence-corrected chi connectivity index (χ4v) is 2.33.